The molecule has 3 heterocycles. The Hall–Kier alpha value is -1.08. The van der Waals surface area contributed by atoms with Gasteiger partial charge in [0, 0.05) is 50.5 Å². The lowest BCUT2D eigenvalue weighted by molar-refractivity contribution is 0.0930. The average molecular weight is 376 g/mol. The molecule has 0 aliphatic carbocycles. The zero-order valence-corrected chi connectivity index (χ0v) is 15.7. The van der Waals surface area contributed by atoms with Gasteiger partial charge in [-0.2, -0.15) is 0 Å². The molecular weight excluding hydrogens is 349 g/mol. The van der Waals surface area contributed by atoms with Crippen molar-refractivity contribution >= 4 is 36.5 Å². The van der Waals surface area contributed by atoms with Crippen molar-refractivity contribution < 1.29 is 4.79 Å². The van der Waals surface area contributed by atoms with Crippen LogP contribution in [0.4, 0.5) is 5.82 Å². The molecule has 8 heteroatoms. The Bertz CT molecular complexity index is 517. The molecule has 2 fully saturated rings. The van der Waals surface area contributed by atoms with Crippen LogP contribution in [-0.2, 0) is 0 Å². The molecule has 1 aromatic rings. The van der Waals surface area contributed by atoms with Crippen molar-refractivity contribution in [2.75, 3.05) is 51.2 Å². The fourth-order valence-corrected chi connectivity index (χ4v) is 3.01. The average Bonchev–Trinajstić information content (AvgIpc) is 2.56. The number of pyridine rings is 1. The molecule has 2 N–H and O–H groups in total. The molecule has 24 heavy (non-hydrogen) atoms. The van der Waals surface area contributed by atoms with Gasteiger partial charge in [0.15, 0.2) is 0 Å². The van der Waals surface area contributed by atoms with E-state index in [0.29, 0.717) is 5.56 Å². The molecule has 3 rings (SSSR count). The number of halogens is 2. The normalized spacial score (nSPS) is 21.4. The number of likely N-dealkylation sites (N-methyl/N-ethyl adjacent to an activating group) is 1. The highest BCUT2D eigenvalue weighted by Crippen LogP contribution is 2.15. The van der Waals surface area contributed by atoms with E-state index in [4.69, 9.17) is 0 Å². The van der Waals surface area contributed by atoms with Crippen LogP contribution in [0.1, 0.15) is 23.2 Å². The minimum atomic E-state index is 0. The molecule has 0 saturated carbocycles. The predicted octanol–water partition coefficient (Wildman–Crippen LogP) is 1.16. The zero-order valence-electron chi connectivity index (χ0n) is 14.0. The van der Waals surface area contributed by atoms with Crippen LogP contribution in [0.3, 0.4) is 0 Å². The van der Waals surface area contributed by atoms with Gasteiger partial charge in [0.2, 0.25) is 0 Å². The summed E-state index contributed by atoms with van der Waals surface area (Å²) in [4.78, 5) is 21.4. The molecule has 1 aromatic heterocycles. The molecular formula is C16H27Cl2N5O. The summed E-state index contributed by atoms with van der Waals surface area (Å²) >= 11 is 0. The smallest absolute Gasteiger partial charge is 0.251 e. The lowest BCUT2D eigenvalue weighted by atomic mass is 10.1. The molecule has 0 unspecified atom stereocenters. The second kappa shape index (κ2) is 10.0. The number of piperidine rings is 1. The van der Waals surface area contributed by atoms with Gasteiger partial charge in [-0.25, -0.2) is 4.98 Å². The topological polar surface area (TPSA) is 60.5 Å². The highest BCUT2D eigenvalue weighted by atomic mass is 35.5. The third kappa shape index (κ3) is 5.48. The van der Waals surface area contributed by atoms with Crippen molar-refractivity contribution in [1.82, 2.24) is 20.5 Å². The minimum absolute atomic E-state index is 0. The van der Waals surface area contributed by atoms with Crippen LogP contribution in [0, 0.1) is 0 Å². The van der Waals surface area contributed by atoms with Gasteiger partial charge in [-0.05, 0) is 38.6 Å². The van der Waals surface area contributed by atoms with E-state index in [9.17, 15) is 4.79 Å². The molecule has 0 aromatic carbocycles. The SMILES string of the molecule is CN1CCN(c2cc(C(=O)N[C@H]3CCCNC3)ccn2)CC1.Cl.Cl. The zero-order chi connectivity index (χ0) is 15.4. The fourth-order valence-electron chi connectivity index (χ4n) is 3.01. The van der Waals surface area contributed by atoms with Crippen molar-refractivity contribution in [3.05, 3.63) is 23.9 Å². The van der Waals surface area contributed by atoms with E-state index in [1.54, 1.807) is 12.3 Å². The number of hydrogen-bond acceptors (Lipinski definition) is 5. The number of nitrogens with one attached hydrogen (secondary N) is 2. The Balaban J connectivity index is 0.00000144. The standard InChI is InChI=1S/C16H25N5O.2ClH/c1-20-7-9-21(10-8-20)15-11-13(4-6-18-15)16(22)19-14-3-2-5-17-12-14;;/h4,6,11,14,17H,2-3,5,7-10,12H2,1H3,(H,19,22);2*1H/t14-;;/m0../s1. The molecule has 0 bridgehead atoms. The van der Waals surface area contributed by atoms with Crippen molar-refractivity contribution in [3.63, 3.8) is 0 Å². The van der Waals surface area contributed by atoms with Gasteiger partial charge in [-0.15, -0.1) is 24.8 Å². The Morgan fingerprint density at radius 3 is 2.71 bits per heavy atom. The van der Waals surface area contributed by atoms with Gasteiger partial charge in [0.1, 0.15) is 5.82 Å². The Morgan fingerprint density at radius 2 is 2.04 bits per heavy atom. The lowest BCUT2D eigenvalue weighted by Gasteiger charge is -2.33. The van der Waals surface area contributed by atoms with Crippen LogP contribution < -0.4 is 15.5 Å². The Morgan fingerprint density at radius 1 is 1.29 bits per heavy atom. The molecule has 0 spiro atoms. The van der Waals surface area contributed by atoms with Crippen LogP contribution >= 0.6 is 24.8 Å². The van der Waals surface area contributed by atoms with Gasteiger partial charge in [-0.1, -0.05) is 0 Å². The van der Waals surface area contributed by atoms with Gasteiger partial charge in [0.05, 0.1) is 0 Å². The second-order valence-electron chi connectivity index (χ2n) is 6.21. The van der Waals surface area contributed by atoms with Crippen molar-refractivity contribution in [3.8, 4) is 0 Å². The monoisotopic (exact) mass is 375 g/mol. The summed E-state index contributed by atoms with van der Waals surface area (Å²) in [5, 5.41) is 6.44. The minimum Gasteiger partial charge on any atom is -0.354 e. The first-order valence-corrected chi connectivity index (χ1v) is 8.13. The summed E-state index contributed by atoms with van der Waals surface area (Å²) in [7, 11) is 2.13. The molecule has 136 valence electrons. The highest BCUT2D eigenvalue weighted by molar-refractivity contribution is 5.95. The summed E-state index contributed by atoms with van der Waals surface area (Å²) in [5.74, 6) is 0.911. The number of piperazine rings is 1. The van der Waals surface area contributed by atoms with Gasteiger partial charge in [0.25, 0.3) is 5.91 Å². The molecule has 1 amide bonds. The summed E-state index contributed by atoms with van der Waals surface area (Å²) in [5.41, 5.74) is 0.703. The van der Waals surface area contributed by atoms with E-state index in [1.165, 1.54) is 0 Å². The maximum Gasteiger partial charge on any atom is 0.251 e. The van der Waals surface area contributed by atoms with E-state index in [1.807, 2.05) is 6.07 Å². The number of nitrogens with zero attached hydrogens (tertiary/aromatic N) is 3. The van der Waals surface area contributed by atoms with Crippen LogP contribution in [0.25, 0.3) is 0 Å². The molecule has 0 radical (unpaired) electrons. The largest absolute Gasteiger partial charge is 0.354 e. The third-order valence-electron chi connectivity index (χ3n) is 4.47. The summed E-state index contributed by atoms with van der Waals surface area (Å²) in [6.07, 6.45) is 3.91. The molecule has 2 aliphatic rings. The predicted molar refractivity (Wildman–Crippen MR) is 102 cm³/mol. The second-order valence-corrected chi connectivity index (χ2v) is 6.21. The van der Waals surface area contributed by atoms with E-state index < -0.39 is 0 Å². The van der Waals surface area contributed by atoms with Gasteiger partial charge >= 0.3 is 0 Å². The number of carbonyl (C=O) groups is 1. The Kier molecular flexibility index (Phi) is 8.76. The van der Waals surface area contributed by atoms with Crippen molar-refractivity contribution in [1.29, 1.82) is 0 Å². The van der Waals surface area contributed by atoms with E-state index >= 15 is 0 Å². The third-order valence-corrected chi connectivity index (χ3v) is 4.47. The lowest BCUT2D eigenvalue weighted by Crippen LogP contribution is -2.46. The summed E-state index contributed by atoms with van der Waals surface area (Å²) in [6, 6.07) is 3.95. The maximum atomic E-state index is 12.4. The molecule has 1 atom stereocenters. The maximum absolute atomic E-state index is 12.4. The number of aromatic nitrogens is 1. The number of hydrogen-bond donors (Lipinski definition) is 2. The highest BCUT2D eigenvalue weighted by Gasteiger charge is 2.19. The van der Waals surface area contributed by atoms with Crippen LogP contribution in [0.5, 0.6) is 0 Å². The molecule has 6 nitrogen and oxygen atoms in total. The Labute approximate surface area is 156 Å². The molecule has 2 saturated heterocycles. The quantitative estimate of drug-likeness (QED) is 0.829. The van der Waals surface area contributed by atoms with Crippen molar-refractivity contribution in [2.24, 2.45) is 0 Å². The first-order valence-electron chi connectivity index (χ1n) is 8.13. The van der Waals surface area contributed by atoms with Crippen LogP contribution in [0.15, 0.2) is 18.3 Å². The number of anilines is 1. The number of rotatable bonds is 3. The first kappa shape index (κ1) is 21.0. The van der Waals surface area contributed by atoms with E-state index in [-0.39, 0.29) is 36.8 Å². The summed E-state index contributed by atoms with van der Waals surface area (Å²) in [6.45, 7) is 5.90. The van der Waals surface area contributed by atoms with Crippen LogP contribution in [-0.4, -0.2) is 68.1 Å². The van der Waals surface area contributed by atoms with Gasteiger partial charge < -0.3 is 20.4 Å². The molecule has 2 aliphatic heterocycles. The van der Waals surface area contributed by atoms with Gasteiger partial charge in [-0.3, -0.25) is 4.79 Å². The number of carbonyl (C=O) groups excluding carboxylic acids is 1. The van der Waals surface area contributed by atoms with E-state index in [0.717, 1.165) is 57.9 Å². The van der Waals surface area contributed by atoms with E-state index in [2.05, 4.69) is 32.5 Å². The fraction of sp³-hybridized carbons (Fsp3) is 0.625. The number of amides is 1. The summed E-state index contributed by atoms with van der Waals surface area (Å²) < 4.78 is 0. The first-order chi connectivity index (χ1) is 10.7. The van der Waals surface area contributed by atoms with Crippen LogP contribution in [0.2, 0.25) is 0 Å². The van der Waals surface area contributed by atoms with Crippen molar-refractivity contribution in [2.45, 2.75) is 18.9 Å².